The highest BCUT2D eigenvalue weighted by molar-refractivity contribution is 6.34. The van der Waals surface area contributed by atoms with Crippen molar-refractivity contribution >= 4 is 28.6 Å². The topological polar surface area (TPSA) is 95.4 Å². The van der Waals surface area contributed by atoms with Gasteiger partial charge in [-0.25, -0.2) is 4.79 Å². The van der Waals surface area contributed by atoms with E-state index in [0.29, 0.717) is 27.4 Å². The minimum Gasteiger partial charge on any atom is -0.478 e. The van der Waals surface area contributed by atoms with Gasteiger partial charge in [0, 0.05) is 5.56 Å². The molecule has 0 bridgehead atoms. The van der Waals surface area contributed by atoms with Crippen molar-refractivity contribution in [2.45, 2.75) is 33.3 Å². The summed E-state index contributed by atoms with van der Waals surface area (Å²) in [4.78, 5) is 19.1. The molecule has 0 aliphatic heterocycles. The van der Waals surface area contributed by atoms with E-state index in [9.17, 15) is 15.0 Å². The Bertz CT molecular complexity index is 1340. The maximum atomic E-state index is 11.5. The summed E-state index contributed by atoms with van der Waals surface area (Å²) >= 11 is 6.53. The minimum absolute atomic E-state index is 0.191. The number of aromatic nitrogens is 2. The van der Waals surface area contributed by atoms with Crippen LogP contribution in [0.4, 0.5) is 0 Å². The molecule has 3 N–H and O–H groups in total. The first-order valence-electron chi connectivity index (χ1n) is 10.1. The van der Waals surface area contributed by atoms with Gasteiger partial charge in [0.1, 0.15) is 5.75 Å². The number of halogens is 1. The second-order valence-corrected chi connectivity index (χ2v) is 8.75. The third kappa shape index (κ3) is 4.20. The molecule has 0 radical (unpaired) electrons. The number of nitrogens with one attached hydrogen (secondary N) is 1. The molecule has 1 aromatic heterocycles. The van der Waals surface area contributed by atoms with E-state index in [-0.39, 0.29) is 11.6 Å². The maximum absolute atomic E-state index is 11.5. The smallest absolute Gasteiger partial charge is 0.336 e. The normalized spacial score (nSPS) is 11.7. The molecular formula is C25H23ClN2O4. The van der Waals surface area contributed by atoms with Gasteiger partial charge in [-0.15, -0.1) is 0 Å². The summed E-state index contributed by atoms with van der Waals surface area (Å²) in [6.45, 7) is 7.08. The Morgan fingerprint density at radius 1 is 1.09 bits per heavy atom. The number of hydrogen-bond acceptors (Lipinski definition) is 4. The molecule has 0 aliphatic carbocycles. The SMILES string of the molecule is Cc1cc(Oc2nc3cc(-c4ccc(C(C)(C)O)cc4)c(Cl)cc3[nH]2)cc(C(=O)O)c1C. The number of rotatable bonds is 5. The Morgan fingerprint density at radius 2 is 1.78 bits per heavy atom. The van der Waals surface area contributed by atoms with E-state index in [2.05, 4.69) is 9.97 Å². The molecule has 0 aliphatic rings. The summed E-state index contributed by atoms with van der Waals surface area (Å²) < 4.78 is 5.83. The number of carboxylic acid groups (broad SMARTS) is 1. The predicted octanol–water partition coefficient (Wildman–Crippen LogP) is 6.22. The molecule has 1 heterocycles. The second-order valence-electron chi connectivity index (χ2n) is 8.35. The summed E-state index contributed by atoms with van der Waals surface area (Å²) in [5, 5.41) is 20.1. The van der Waals surface area contributed by atoms with Crippen molar-refractivity contribution in [3.8, 4) is 22.9 Å². The third-order valence-corrected chi connectivity index (χ3v) is 5.85. The Kier molecular flexibility index (Phi) is 5.44. The van der Waals surface area contributed by atoms with Gasteiger partial charge in [0.2, 0.25) is 0 Å². The van der Waals surface area contributed by atoms with Gasteiger partial charge >= 0.3 is 5.97 Å². The molecule has 164 valence electrons. The van der Waals surface area contributed by atoms with E-state index in [1.54, 1.807) is 32.9 Å². The monoisotopic (exact) mass is 450 g/mol. The first-order chi connectivity index (χ1) is 15.0. The van der Waals surface area contributed by atoms with Crippen LogP contribution >= 0.6 is 11.6 Å². The van der Waals surface area contributed by atoms with Crippen LogP contribution in [-0.4, -0.2) is 26.2 Å². The van der Waals surface area contributed by atoms with Crippen LogP contribution in [0.3, 0.4) is 0 Å². The highest BCUT2D eigenvalue weighted by atomic mass is 35.5. The van der Waals surface area contributed by atoms with Gasteiger partial charge in [0.25, 0.3) is 6.01 Å². The van der Waals surface area contributed by atoms with Crippen molar-refractivity contribution in [1.82, 2.24) is 9.97 Å². The van der Waals surface area contributed by atoms with Crippen molar-refractivity contribution in [3.63, 3.8) is 0 Å². The number of nitrogens with zero attached hydrogens (tertiary/aromatic N) is 1. The number of aromatic amines is 1. The molecule has 0 saturated heterocycles. The number of H-pyrrole nitrogens is 1. The summed E-state index contributed by atoms with van der Waals surface area (Å²) in [6.07, 6.45) is 0. The third-order valence-electron chi connectivity index (χ3n) is 5.54. The van der Waals surface area contributed by atoms with Crippen LogP contribution in [0.5, 0.6) is 11.8 Å². The highest BCUT2D eigenvalue weighted by Crippen LogP contribution is 2.34. The van der Waals surface area contributed by atoms with Crippen molar-refractivity contribution in [3.05, 3.63) is 75.8 Å². The van der Waals surface area contributed by atoms with E-state index in [1.807, 2.05) is 37.3 Å². The van der Waals surface area contributed by atoms with Gasteiger partial charge in [-0.1, -0.05) is 35.9 Å². The second kappa shape index (κ2) is 7.97. The molecule has 0 amide bonds. The number of aromatic carboxylic acids is 1. The van der Waals surface area contributed by atoms with Gasteiger partial charge in [0.15, 0.2) is 0 Å². The zero-order valence-corrected chi connectivity index (χ0v) is 18.9. The van der Waals surface area contributed by atoms with Crippen LogP contribution in [0, 0.1) is 13.8 Å². The molecular weight excluding hydrogens is 428 g/mol. The molecule has 0 atom stereocenters. The Balaban J connectivity index is 1.68. The van der Waals surface area contributed by atoms with E-state index in [4.69, 9.17) is 16.3 Å². The number of carboxylic acids is 1. The summed E-state index contributed by atoms with van der Waals surface area (Å²) in [7, 11) is 0. The average Bonchev–Trinajstić information content (AvgIpc) is 3.10. The molecule has 0 spiro atoms. The number of aryl methyl sites for hydroxylation is 1. The molecule has 0 fully saturated rings. The summed E-state index contributed by atoms with van der Waals surface area (Å²) in [6, 6.07) is 14.7. The van der Waals surface area contributed by atoms with Crippen LogP contribution in [0.2, 0.25) is 5.02 Å². The lowest BCUT2D eigenvalue weighted by Gasteiger charge is -2.18. The van der Waals surface area contributed by atoms with Gasteiger partial charge in [-0.3, -0.25) is 0 Å². The lowest BCUT2D eigenvalue weighted by atomic mass is 9.95. The minimum atomic E-state index is -1.01. The highest BCUT2D eigenvalue weighted by Gasteiger charge is 2.17. The fourth-order valence-electron chi connectivity index (χ4n) is 3.55. The molecule has 3 aromatic carbocycles. The Labute approximate surface area is 190 Å². The van der Waals surface area contributed by atoms with E-state index >= 15 is 0 Å². The Morgan fingerprint density at radius 3 is 2.41 bits per heavy atom. The molecule has 0 saturated carbocycles. The summed E-state index contributed by atoms with van der Waals surface area (Å²) in [5.74, 6) is -0.620. The van der Waals surface area contributed by atoms with Crippen LogP contribution in [0.25, 0.3) is 22.2 Å². The molecule has 6 nitrogen and oxygen atoms in total. The number of ether oxygens (including phenoxy) is 1. The van der Waals surface area contributed by atoms with Crippen LogP contribution < -0.4 is 4.74 Å². The molecule has 7 heteroatoms. The molecule has 4 rings (SSSR count). The first-order valence-corrected chi connectivity index (χ1v) is 10.5. The fraction of sp³-hybridized carbons (Fsp3) is 0.200. The fourth-order valence-corrected chi connectivity index (χ4v) is 3.83. The number of carbonyl (C=O) groups is 1. The standard InChI is InChI=1S/C25H23ClN2O4/c1-13-9-17(10-18(14(13)2)23(29)30)32-24-27-21-11-19(20(26)12-22(21)28-24)15-5-7-16(8-6-15)25(3,4)31/h5-12,31H,1-4H3,(H,27,28)(H,29,30). The van der Waals surface area contributed by atoms with Gasteiger partial charge in [0.05, 0.1) is 27.2 Å². The zero-order valence-electron chi connectivity index (χ0n) is 18.2. The summed E-state index contributed by atoms with van der Waals surface area (Å²) in [5.41, 5.74) is 4.65. The van der Waals surface area contributed by atoms with Gasteiger partial charge < -0.3 is 19.9 Å². The van der Waals surface area contributed by atoms with E-state index in [1.165, 1.54) is 6.07 Å². The molecule has 32 heavy (non-hydrogen) atoms. The van der Waals surface area contributed by atoms with Crippen molar-refractivity contribution < 1.29 is 19.7 Å². The number of benzene rings is 3. The average molecular weight is 451 g/mol. The predicted molar refractivity (Wildman–Crippen MR) is 125 cm³/mol. The number of hydrogen-bond donors (Lipinski definition) is 3. The van der Waals surface area contributed by atoms with Gasteiger partial charge in [-0.05, 0) is 74.2 Å². The molecule has 4 aromatic rings. The van der Waals surface area contributed by atoms with E-state index in [0.717, 1.165) is 22.3 Å². The maximum Gasteiger partial charge on any atom is 0.336 e. The Hall–Kier alpha value is -3.35. The molecule has 0 unspecified atom stereocenters. The first kappa shape index (κ1) is 21.9. The van der Waals surface area contributed by atoms with Crippen LogP contribution in [-0.2, 0) is 5.60 Å². The zero-order chi connectivity index (χ0) is 23.2. The number of aliphatic hydroxyl groups is 1. The number of imidazole rings is 1. The van der Waals surface area contributed by atoms with Crippen LogP contribution in [0.1, 0.15) is 40.9 Å². The number of fused-ring (bicyclic) bond motifs is 1. The lowest BCUT2D eigenvalue weighted by molar-refractivity contribution is 0.0695. The van der Waals surface area contributed by atoms with E-state index < -0.39 is 11.6 Å². The largest absolute Gasteiger partial charge is 0.478 e. The van der Waals surface area contributed by atoms with Crippen molar-refractivity contribution in [2.24, 2.45) is 0 Å². The lowest BCUT2D eigenvalue weighted by Crippen LogP contribution is -2.14. The van der Waals surface area contributed by atoms with Gasteiger partial charge in [-0.2, -0.15) is 4.98 Å². The quantitative estimate of drug-likeness (QED) is 0.335. The van der Waals surface area contributed by atoms with Crippen LogP contribution in [0.15, 0.2) is 48.5 Å². The van der Waals surface area contributed by atoms with Crippen molar-refractivity contribution in [1.29, 1.82) is 0 Å². The van der Waals surface area contributed by atoms with Crippen molar-refractivity contribution in [2.75, 3.05) is 0 Å².